The summed E-state index contributed by atoms with van der Waals surface area (Å²) >= 11 is 0. The predicted molar refractivity (Wildman–Crippen MR) is 85.2 cm³/mol. The molecule has 1 heterocycles. The zero-order valence-corrected chi connectivity index (χ0v) is 12.4. The molecule has 0 radical (unpaired) electrons. The number of carboxylic acid groups (broad SMARTS) is 1. The maximum atomic E-state index is 11.2. The molecule has 3 aromatic rings. The van der Waals surface area contributed by atoms with Gasteiger partial charge in [-0.25, -0.2) is 9.48 Å². The molecule has 3 rings (SSSR count). The maximum absolute atomic E-state index is 11.2. The van der Waals surface area contributed by atoms with Crippen molar-refractivity contribution in [1.29, 1.82) is 0 Å². The average Bonchev–Trinajstić information content (AvgIpc) is 3.05. The Bertz CT molecular complexity index is 882. The molecule has 23 heavy (non-hydrogen) atoms. The molecule has 1 aromatic heterocycles. The molecular weight excluding hydrogens is 294 g/mol. The molecule has 1 N–H and O–H groups in total. The Labute approximate surface area is 132 Å². The number of nitroso groups, excluding NO2 is 1. The lowest BCUT2D eigenvalue weighted by Gasteiger charge is -2.01. The van der Waals surface area contributed by atoms with Crippen molar-refractivity contribution < 1.29 is 14.7 Å². The molecule has 0 fully saturated rings. The second-order valence-electron chi connectivity index (χ2n) is 5.05. The Morgan fingerprint density at radius 1 is 1.13 bits per heavy atom. The van der Waals surface area contributed by atoms with E-state index in [1.165, 1.54) is 7.05 Å². The fraction of sp³-hybridized carbons (Fsp3) is 0.0588. The third-order valence-corrected chi connectivity index (χ3v) is 3.47. The van der Waals surface area contributed by atoms with Crippen LogP contribution in [0.4, 0.5) is 5.69 Å². The van der Waals surface area contributed by atoms with Crippen LogP contribution in [0.1, 0.15) is 10.4 Å². The van der Waals surface area contributed by atoms with E-state index in [-0.39, 0.29) is 5.56 Å². The molecule has 0 atom stereocenters. The van der Waals surface area contributed by atoms with Gasteiger partial charge in [-0.2, -0.15) is 5.10 Å². The number of hydrogen-bond donors (Lipinski definition) is 1. The molecule has 6 heteroatoms. The number of carbonyl (C=O) groups is 1. The summed E-state index contributed by atoms with van der Waals surface area (Å²) in [4.78, 5) is 22.3. The van der Waals surface area contributed by atoms with Crippen molar-refractivity contribution in [2.24, 2.45) is 0 Å². The zero-order valence-electron chi connectivity index (χ0n) is 12.4. The predicted octanol–water partition coefficient (Wildman–Crippen LogP) is 3.28. The molecule has 6 nitrogen and oxygen atoms in total. The van der Waals surface area contributed by atoms with E-state index in [9.17, 15) is 9.70 Å². The largest absolute Gasteiger partial charge is 0.478 e. The minimum absolute atomic E-state index is 0.222. The van der Waals surface area contributed by atoms with Gasteiger partial charge in [-0.05, 0) is 30.3 Å². The average molecular weight is 308 g/mol. The zero-order chi connectivity index (χ0) is 16.4. The number of aromatic nitrogens is 2. The second kappa shape index (κ2) is 5.84. The van der Waals surface area contributed by atoms with Crippen LogP contribution in [0.5, 0.6) is 0 Å². The highest BCUT2D eigenvalue weighted by Gasteiger charge is 2.09. The number of benzene rings is 2. The van der Waals surface area contributed by atoms with Gasteiger partial charge in [0.05, 0.1) is 16.9 Å². The monoisotopic (exact) mass is 308 g/mol. The topological polar surface area (TPSA) is 75.2 Å². The summed E-state index contributed by atoms with van der Waals surface area (Å²) in [6.07, 6.45) is 1.79. The normalized spacial score (nSPS) is 10.5. The summed E-state index contributed by atoms with van der Waals surface area (Å²) in [6, 6.07) is 15.5. The molecule has 0 saturated carbocycles. The lowest BCUT2D eigenvalue weighted by Crippen LogP contribution is -1.97. The SMILES string of the molecule is C[N+](=O)c1ccc(-n2ccc(-c3cccc(C(=O)O)c3)n2)cc1. The number of nitrogens with zero attached hydrogens (tertiary/aromatic N) is 3. The van der Waals surface area contributed by atoms with Crippen LogP contribution >= 0.6 is 0 Å². The van der Waals surface area contributed by atoms with E-state index in [0.29, 0.717) is 11.4 Å². The van der Waals surface area contributed by atoms with Crippen LogP contribution in [0.15, 0.2) is 60.8 Å². The van der Waals surface area contributed by atoms with Crippen molar-refractivity contribution in [2.45, 2.75) is 0 Å². The van der Waals surface area contributed by atoms with Crippen molar-refractivity contribution in [2.75, 3.05) is 7.05 Å². The number of carboxylic acids is 1. The van der Waals surface area contributed by atoms with Gasteiger partial charge in [-0.3, -0.25) is 0 Å². The Kier molecular flexibility index (Phi) is 3.72. The third kappa shape index (κ3) is 3.01. The Balaban J connectivity index is 1.92. The van der Waals surface area contributed by atoms with Crippen molar-refractivity contribution in [1.82, 2.24) is 9.78 Å². The summed E-state index contributed by atoms with van der Waals surface area (Å²) in [5.41, 5.74) is 3.02. The van der Waals surface area contributed by atoms with Crippen LogP contribution in [0.3, 0.4) is 0 Å². The standard InChI is InChI=1S/C17H13N3O3/c1-19(23)14-5-7-15(8-6-14)20-10-9-16(18-20)12-3-2-4-13(11-12)17(21)22/h2-11H,1H3/p+1. The molecule has 0 aliphatic heterocycles. The van der Waals surface area contributed by atoms with E-state index >= 15 is 0 Å². The molecule has 0 saturated heterocycles. The van der Waals surface area contributed by atoms with Crippen LogP contribution in [0.2, 0.25) is 0 Å². The molecule has 0 spiro atoms. The minimum Gasteiger partial charge on any atom is -0.478 e. The lowest BCUT2D eigenvalue weighted by atomic mass is 10.1. The summed E-state index contributed by atoms with van der Waals surface area (Å²) in [5.74, 6) is -0.969. The van der Waals surface area contributed by atoms with Crippen LogP contribution in [0, 0.1) is 4.91 Å². The first-order chi connectivity index (χ1) is 11.0. The molecule has 114 valence electrons. The van der Waals surface area contributed by atoms with Gasteiger partial charge in [0.25, 0.3) is 5.69 Å². The van der Waals surface area contributed by atoms with Gasteiger partial charge < -0.3 is 5.11 Å². The van der Waals surface area contributed by atoms with Gasteiger partial charge >= 0.3 is 5.97 Å². The van der Waals surface area contributed by atoms with E-state index < -0.39 is 5.97 Å². The summed E-state index contributed by atoms with van der Waals surface area (Å²) < 4.78 is 2.47. The van der Waals surface area contributed by atoms with E-state index in [1.807, 2.05) is 12.1 Å². The van der Waals surface area contributed by atoms with Crippen LogP contribution in [0.25, 0.3) is 16.9 Å². The minimum atomic E-state index is -0.969. The molecule has 0 bridgehead atoms. The molecular formula is C17H14N3O3+. The Morgan fingerprint density at radius 2 is 1.87 bits per heavy atom. The summed E-state index contributed by atoms with van der Waals surface area (Å²) in [5, 5.41) is 13.5. The number of hydrogen-bond acceptors (Lipinski definition) is 3. The molecule has 0 amide bonds. The first-order valence-corrected chi connectivity index (χ1v) is 6.95. The summed E-state index contributed by atoms with van der Waals surface area (Å²) in [7, 11) is 1.44. The maximum Gasteiger partial charge on any atom is 0.335 e. The van der Waals surface area contributed by atoms with Gasteiger partial charge in [0.1, 0.15) is 0 Å². The quantitative estimate of drug-likeness (QED) is 0.750. The first-order valence-electron chi connectivity index (χ1n) is 6.95. The fourth-order valence-electron chi connectivity index (χ4n) is 2.25. The van der Waals surface area contributed by atoms with Crippen LogP contribution in [-0.2, 0) is 0 Å². The van der Waals surface area contributed by atoms with E-state index in [2.05, 4.69) is 5.10 Å². The molecule has 0 aliphatic carbocycles. The highest BCUT2D eigenvalue weighted by molar-refractivity contribution is 5.89. The van der Waals surface area contributed by atoms with Gasteiger partial charge in [0.2, 0.25) is 0 Å². The van der Waals surface area contributed by atoms with Gasteiger partial charge in [-0.15, -0.1) is 0 Å². The van der Waals surface area contributed by atoms with Crippen LogP contribution < -0.4 is 0 Å². The fourth-order valence-corrected chi connectivity index (χ4v) is 2.25. The molecule has 0 unspecified atom stereocenters. The lowest BCUT2D eigenvalue weighted by molar-refractivity contribution is -0.428. The van der Waals surface area contributed by atoms with Gasteiger partial charge in [-0.1, -0.05) is 12.1 Å². The van der Waals surface area contributed by atoms with E-state index in [0.717, 1.165) is 16.0 Å². The Morgan fingerprint density at radius 3 is 2.52 bits per heavy atom. The third-order valence-electron chi connectivity index (χ3n) is 3.47. The van der Waals surface area contributed by atoms with Gasteiger partial charge in [0, 0.05) is 33.6 Å². The van der Waals surface area contributed by atoms with Crippen molar-refractivity contribution in [3.05, 3.63) is 71.3 Å². The second-order valence-corrected chi connectivity index (χ2v) is 5.05. The number of rotatable bonds is 4. The highest BCUT2D eigenvalue weighted by Crippen LogP contribution is 2.21. The smallest absolute Gasteiger partial charge is 0.335 e. The van der Waals surface area contributed by atoms with Crippen molar-refractivity contribution in [3.8, 4) is 16.9 Å². The summed E-state index contributed by atoms with van der Waals surface area (Å²) in [6.45, 7) is 0. The van der Waals surface area contributed by atoms with E-state index in [1.54, 1.807) is 53.3 Å². The highest BCUT2D eigenvalue weighted by atomic mass is 16.4. The molecule has 0 aliphatic rings. The van der Waals surface area contributed by atoms with Crippen molar-refractivity contribution in [3.63, 3.8) is 0 Å². The van der Waals surface area contributed by atoms with Crippen molar-refractivity contribution >= 4 is 11.7 Å². The Hall–Kier alpha value is -3.28. The number of aromatic carboxylic acids is 1. The van der Waals surface area contributed by atoms with Gasteiger partial charge in [0.15, 0.2) is 7.05 Å². The molecule has 2 aromatic carbocycles. The van der Waals surface area contributed by atoms with E-state index in [4.69, 9.17) is 5.11 Å². The van der Waals surface area contributed by atoms with Crippen LogP contribution in [-0.4, -0.2) is 32.7 Å². The first kappa shape index (κ1) is 14.6.